The predicted octanol–water partition coefficient (Wildman–Crippen LogP) is 1.95. The van der Waals surface area contributed by atoms with Crippen molar-refractivity contribution in [2.24, 2.45) is 0 Å². The molecule has 0 aliphatic rings. The molecule has 0 fully saturated rings. The van der Waals surface area contributed by atoms with E-state index in [2.05, 4.69) is 5.32 Å². The van der Waals surface area contributed by atoms with E-state index in [1.807, 2.05) is 5.38 Å². The van der Waals surface area contributed by atoms with Crippen LogP contribution in [0.2, 0.25) is 0 Å². The monoisotopic (exact) mass is 304 g/mol. The zero-order valence-electron chi connectivity index (χ0n) is 11.6. The largest absolute Gasteiger partial charge is 0.392 e. The van der Waals surface area contributed by atoms with Crippen molar-refractivity contribution in [1.82, 2.24) is 4.90 Å². The minimum Gasteiger partial charge on any atom is -0.392 e. The number of carbonyl (C=O) groups excluding carboxylic acids is 2. The van der Waals surface area contributed by atoms with Crippen LogP contribution in [0.25, 0.3) is 0 Å². The number of amides is 2. The standard InChI is InChI=1S/C15H16N2O3S/c1-17(15(20)13-3-2-8-21-13)9-14(19)16-12-6-4-11(10-18)5-7-12/h2-8,18H,9-10H2,1H3,(H,16,19). The van der Waals surface area contributed by atoms with Gasteiger partial charge < -0.3 is 15.3 Å². The molecule has 2 amide bonds. The lowest BCUT2D eigenvalue weighted by molar-refractivity contribution is -0.116. The van der Waals surface area contributed by atoms with Crippen LogP contribution in [0.4, 0.5) is 5.69 Å². The number of benzene rings is 1. The minimum atomic E-state index is -0.265. The summed E-state index contributed by atoms with van der Waals surface area (Å²) >= 11 is 1.35. The van der Waals surface area contributed by atoms with E-state index in [-0.39, 0.29) is 25.0 Å². The molecule has 0 aliphatic heterocycles. The van der Waals surface area contributed by atoms with Crippen LogP contribution >= 0.6 is 11.3 Å². The highest BCUT2D eigenvalue weighted by molar-refractivity contribution is 7.12. The number of aliphatic hydroxyl groups excluding tert-OH is 1. The molecule has 0 saturated carbocycles. The fourth-order valence-electron chi connectivity index (χ4n) is 1.77. The number of anilines is 1. The summed E-state index contributed by atoms with van der Waals surface area (Å²) in [5.41, 5.74) is 1.41. The molecular weight excluding hydrogens is 288 g/mol. The maximum absolute atomic E-state index is 12.0. The number of hydrogen-bond donors (Lipinski definition) is 2. The summed E-state index contributed by atoms with van der Waals surface area (Å²) in [6.45, 7) is -0.0508. The minimum absolute atomic E-state index is 0.0154. The Hall–Kier alpha value is -2.18. The summed E-state index contributed by atoms with van der Waals surface area (Å²) in [6.07, 6.45) is 0. The lowest BCUT2D eigenvalue weighted by Crippen LogP contribution is -2.34. The van der Waals surface area contributed by atoms with Crippen LogP contribution in [0.1, 0.15) is 15.2 Å². The van der Waals surface area contributed by atoms with Gasteiger partial charge in [-0.15, -0.1) is 11.3 Å². The molecule has 1 heterocycles. The molecular formula is C15H16N2O3S. The second-order valence-electron chi connectivity index (χ2n) is 4.54. The van der Waals surface area contributed by atoms with Gasteiger partial charge in [0.1, 0.15) is 0 Å². The molecule has 0 radical (unpaired) electrons. The quantitative estimate of drug-likeness (QED) is 0.887. The first-order valence-electron chi connectivity index (χ1n) is 6.39. The Morgan fingerprint density at radius 1 is 1.24 bits per heavy atom. The van der Waals surface area contributed by atoms with E-state index in [1.54, 1.807) is 43.4 Å². The van der Waals surface area contributed by atoms with Crippen molar-refractivity contribution >= 4 is 28.8 Å². The molecule has 110 valence electrons. The van der Waals surface area contributed by atoms with Gasteiger partial charge in [-0.25, -0.2) is 0 Å². The molecule has 2 aromatic rings. The van der Waals surface area contributed by atoms with Crippen LogP contribution in [0.15, 0.2) is 41.8 Å². The summed E-state index contributed by atoms with van der Waals surface area (Å²) in [4.78, 5) is 25.9. The lowest BCUT2D eigenvalue weighted by Gasteiger charge is -2.16. The van der Waals surface area contributed by atoms with E-state index in [9.17, 15) is 9.59 Å². The topological polar surface area (TPSA) is 69.6 Å². The van der Waals surface area contributed by atoms with E-state index >= 15 is 0 Å². The van der Waals surface area contributed by atoms with Crippen molar-refractivity contribution in [3.05, 3.63) is 52.2 Å². The Morgan fingerprint density at radius 2 is 1.95 bits per heavy atom. The van der Waals surface area contributed by atoms with Gasteiger partial charge in [0.15, 0.2) is 0 Å². The maximum Gasteiger partial charge on any atom is 0.264 e. The predicted molar refractivity (Wildman–Crippen MR) is 82.3 cm³/mol. The third-order valence-electron chi connectivity index (χ3n) is 2.88. The Balaban J connectivity index is 1.90. The number of likely N-dealkylation sites (N-methyl/N-ethyl adjacent to an activating group) is 1. The highest BCUT2D eigenvalue weighted by Crippen LogP contribution is 2.12. The molecule has 5 nitrogen and oxygen atoms in total. The summed E-state index contributed by atoms with van der Waals surface area (Å²) in [7, 11) is 1.59. The molecule has 21 heavy (non-hydrogen) atoms. The number of nitrogens with one attached hydrogen (secondary N) is 1. The molecule has 0 bridgehead atoms. The van der Waals surface area contributed by atoms with E-state index in [0.717, 1.165) is 5.56 Å². The van der Waals surface area contributed by atoms with Crippen molar-refractivity contribution < 1.29 is 14.7 Å². The smallest absolute Gasteiger partial charge is 0.264 e. The first kappa shape index (κ1) is 15.2. The van der Waals surface area contributed by atoms with Crippen LogP contribution in [0, 0.1) is 0 Å². The van der Waals surface area contributed by atoms with E-state index in [4.69, 9.17) is 5.11 Å². The molecule has 0 spiro atoms. The van der Waals surface area contributed by atoms with Gasteiger partial charge in [-0.3, -0.25) is 9.59 Å². The first-order valence-corrected chi connectivity index (χ1v) is 7.26. The Bertz CT molecular complexity index is 608. The fourth-order valence-corrected chi connectivity index (χ4v) is 2.49. The van der Waals surface area contributed by atoms with Gasteiger partial charge in [0.2, 0.25) is 5.91 Å². The molecule has 0 aliphatic carbocycles. The average Bonchev–Trinajstić information content (AvgIpc) is 3.01. The van der Waals surface area contributed by atoms with Crippen LogP contribution in [0.3, 0.4) is 0 Å². The van der Waals surface area contributed by atoms with Crippen LogP contribution in [0.5, 0.6) is 0 Å². The number of rotatable bonds is 5. The Morgan fingerprint density at radius 3 is 2.52 bits per heavy atom. The van der Waals surface area contributed by atoms with Crippen LogP contribution in [-0.2, 0) is 11.4 Å². The summed E-state index contributed by atoms with van der Waals surface area (Å²) in [6, 6.07) is 10.4. The van der Waals surface area contributed by atoms with E-state index in [1.165, 1.54) is 16.2 Å². The Kier molecular flexibility index (Phi) is 5.08. The summed E-state index contributed by atoms with van der Waals surface area (Å²) in [5, 5.41) is 13.5. The van der Waals surface area contributed by atoms with Crippen molar-refractivity contribution in [3.8, 4) is 0 Å². The second kappa shape index (κ2) is 7.01. The van der Waals surface area contributed by atoms with Gasteiger partial charge in [-0.2, -0.15) is 0 Å². The number of thiophene rings is 1. The SMILES string of the molecule is CN(CC(=O)Nc1ccc(CO)cc1)C(=O)c1cccs1. The normalized spacial score (nSPS) is 10.2. The Labute approximate surface area is 126 Å². The van der Waals surface area contributed by atoms with E-state index in [0.29, 0.717) is 10.6 Å². The van der Waals surface area contributed by atoms with Gasteiger partial charge in [0.25, 0.3) is 5.91 Å². The molecule has 0 unspecified atom stereocenters. The van der Waals surface area contributed by atoms with Crippen molar-refractivity contribution in [3.63, 3.8) is 0 Å². The van der Waals surface area contributed by atoms with Gasteiger partial charge in [0.05, 0.1) is 18.0 Å². The lowest BCUT2D eigenvalue weighted by atomic mass is 10.2. The van der Waals surface area contributed by atoms with Crippen molar-refractivity contribution in [2.45, 2.75) is 6.61 Å². The molecule has 0 saturated heterocycles. The van der Waals surface area contributed by atoms with Crippen LogP contribution in [-0.4, -0.2) is 35.4 Å². The van der Waals surface area contributed by atoms with Gasteiger partial charge in [0, 0.05) is 12.7 Å². The van der Waals surface area contributed by atoms with Crippen molar-refractivity contribution in [1.29, 1.82) is 0 Å². The number of carbonyl (C=O) groups is 2. The van der Waals surface area contributed by atoms with Gasteiger partial charge in [-0.05, 0) is 29.1 Å². The highest BCUT2D eigenvalue weighted by atomic mass is 32.1. The van der Waals surface area contributed by atoms with Gasteiger partial charge in [-0.1, -0.05) is 18.2 Å². The third-order valence-corrected chi connectivity index (χ3v) is 3.74. The average molecular weight is 304 g/mol. The van der Waals surface area contributed by atoms with Crippen molar-refractivity contribution in [2.75, 3.05) is 18.9 Å². The maximum atomic E-state index is 12.0. The molecule has 0 atom stereocenters. The number of hydrogen-bond acceptors (Lipinski definition) is 4. The highest BCUT2D eigenvalue weighted by Gasteiger charge is 2.15. The fraction of sp³-hybridized carbons (Fsp3) is 0.200. The van der Waals surface area contributed by atoms with Crippen LogP contribution < -0.4 is 5.32 Å². The third kappa shape index (κ3) is 4.14. The molecule has 2 N–H and O–H groups in total. The molecule has 1 aromatic heterocycles. The molecule has 2 rings (SSSR count). The molecule has 6 heteroatoms. The number of nitrogens with zero attached hydrogens (tertiary/aromatic N) is 1. The van der Waals surface area contributed by atoms with Gasteiger partial charge >= 0.3 is 0 Å². The summed E-state index contributed by atoms with van der Waals surface area (Å²) < 4.78 is 0. The first-order chi connectivity index (χ1) is 10.1. The zero-order valence-corrected chi connectivity index (χ0v) is 12.4. The second-order valence-corrected chi connectivity index (χ2v) is 5.49. The molecule has 1 aromatic carbocycles. The number of aliphatic hydroxyl groups is 1. The zero-order chi connectivity index (χ0) is 15.2. The van der Waals surface area contributed by atoms with E-state index < -0.39 is 0 Å². The summed E-state index contributed by atoms with van der Waals surface area (Å²) in [5.74, 6) is -0.435.